The van der Waals surface area contributed by atoms with Crippen LogP contribution in [0.15, 0.2) is 23.0 Å². The first-order valence-corrected chi connectivity index (χ1v) is 6.36. The van der Waals surface area contributed by atoms with Gasteiger partial charge in [0.1, 0.15) is 34.8 Å². The lowest BCUT2D eigenvalue weighted by Crippen LogP contribution is -2.18. The third kappa shape index (κ3) is 2.63. The lowest BCUT2D eigenvalue weighted by atomic mass is 9.91. The molecule has 6 nitrogen and oxygen atoms in total. The van der Waals surface area contributed by atoms with Crippen LogP contribution in [0, 0.1) is 22.7 Å². The number of nitrogens with one attached hydrogen (secondary N) is 1. The van der Waals surface area contributed by atoms with E-state index in [9.17, 15) is 28.5 Å². The van der Waals surface area contributed by atoms with E-state index < -0.39 is 45.4 Å². The molecule has 24 heavy (non-hydrogen) atoms. The molecule has 0 atom stereocenters. The standard InChI is InChI=1S/C15H9F3N4O2/c1-24-10-4-2-3-9(15(16,17)18)12(10)11-7(5-19)13(21)22-14(23)8(11)6-20/h2-4H,1H3,(H3,21,22,23). The summed E-state index contributed by atoms with van der Waals surface area (Å²) in [5.41, 5.74) is 1.19. The molecule has 0 aliphatic rings. The van der Waals surface area contributed by atoms with E-state index in [4.69, 9.17) is 10.5 Å². The Hall–Kier alpha value is -3.46. The molecule has 0 amide bonds. The van der Waals surface area contributed by atoms with Gasteiger partial charge in [-0.15, -0.1) is 0 Å². The molecule has 2 aromatic rings. The Labute approximate surface area is 133 Å². The van der Waals surface area contributed by atoms with Crippen molar-refractivity contribution in [1.29, 1.82) is 10.5 Å². The quantitative estimate of drug-likeness (QED) is 0.875. The highest BCUT2D eigenvalue weighted by Gasteiger charge is 2.37. The molecule has 122 valence electrons. The van der Waals surface area contributed by atoms with E-state index in [1.165, 1.54) is 12.1 Å². The van der Waals surface area contributed by atoms with Gasteiger partial charge in [-0.05, 0) is 12.1 Å². The number of halogens is 3. The fourth-order valence-corrected chi connectivity index (χ4v) is 2.29. The van der Waals surface area contributed by atoms with Crippen molar-refractivity contribution in [3.05, 3.63) is 45.2 Å². The highest BCUT2D eigenvalue weighted by molar-refractivity contribution is 5.85. The second-order valence-corrected chi connectivity index (χ2v) is 4.60. The predicted molar refractivity (Wildman–Crippen MR) is 77.9 cm³/mol. The number of H-pyrrole nitrogens is 1. The molecule has 0 aliphatic carbocycles. The molecule has 1 aromatic heterocycles. The summed E-state index contributed by atoms with van der Waals surface area (Å²) >= 11 is 0. The number of methoxy groups -OCH3 is 1. The number of aromatic nitrogens is 1. The zero-order valence-corrected chi connectivity index (χ0v) is 12.2. The van der Waals surface area contributed by atoms with Gasteiger partial charge in [0.2, 0.25) is 0 Å². The number of nitrogens with two attached hydrogens (primary N) is 1. The Morgan fingerprint density at radius 2 is 1.79 bits per heavy atom. The van der Waals surface area contributed by atoms with E-state index in [1.54, 1.807) is 6.07 Å². The molecule has 0 saturated heterocycles. The third-order valence-electron chi connectivity index (χ3n) is 3.27. The molecule has 2 rings (SSSR count). The van der Waals surface area contributed by atoms with Crippen LogP contribution in [0.25, 0.3) is 11.1 Å². The number of ether oxygens (including phenoxy) is 1. The molecule has 9 heteroatoms. The van der Waals surface area contributed by atoms with E-state index in [2.05, 4.69) is 4.98 Å². The summed E-state index contributed by atoms with van der Waals surface area (Å²) in [6, 6.07) is 6.24. The molecular formula is C15H9F3N4O2. The number of pyridine rings is 1. The third-order valence-corrected chi connectivity index (χ3v) is 3.27. The second kappa shape index (κ2) is 5.97. The summed E-state index contributed by atoms with van der Waals surface area (Å²) in [7, 11) is 1.13. The van der Waals surface area contributed by atoms with Gasteiger partial charge < -0.3 is 15.5 Å². The topological polar surface area (TPSA) is 116 Å². The van der Waals surface area contributed by atoms with Crippen molar-refractivity contribution in [2.75, 3.05) is 12.8 Å². The SMILES string of the molecule is COc1cccc(C(F)(F)F)c1-c1c(C#N)c(N)[nH]c(=O)c1C#N. The van der Waals surface area contributed by atoms with Crippen LogP contribution in [-0.2, 0) is 6.18 Å². The number of nitrogen functional groups attached to an aromatic ring is 1. The van der Waals surface area contributed by atoms with Crippen LogP contribution >= 0.6 is 0 Å². The summed E-state index contributed by atoms with van der Waals surface area (Å²) in [4.78, 5) is 14.0. The summed E-state index contributed by atoms with van der Waals surface area (Å²) in [6.07, 6.45) is -4.80. The summed E-state index contributed by atoms with van der Waals surface area (Å²) < 4.78 is 45.1. The monoisotopic (exact) mass is 334 g/mol. The van der Waals surface area contributed by atoms with Crippen LogP contribution in [-0.4, -0.2) is 12.1 Å². The minimum Gasteiger partial charge on any atom is -0.496 e. The van der Waals surface area contributed by atoms with E-state index in [-0.39, 0.29) is 5.75 Å². The van der Waals surface area contributed by atoms with Crippen LogP contribution in [0.2, 0.25) is 0 Å². The minimum atomic E-state index is -4.80. The van der Waals surface area contributed by atoms with Crippen molar-refractivity contribution in [2.45, 2.75) is 6.18 Å². The number of rotatable bonds is 2. The number of benzene rings is 1. The van der Waals surface area contributed by atoms with Gasteiger partial charge in [-0.1, -0.05) is 6.07 Å². The molecule has 0 fully saturated rings. The number of nitriles is 2. The first-order valence-electron chi connectivity index (χ1n) is 6.36. The lowest BCUT2D eigenvalue weighted by Gasteiger charge is -2.18. The van der Waals surface area contributed by atoms with Gasteiger partial charge >= 0.3 is 6.18 Å². The normalized spacial score (nSPS) is 10.8. The number of anilines is 1. The van der Waals surface area contributed by atoms with E-state index in [0.29, 0.717) is 0 Å². The number of hydrogen-bond donors (Lipinski definition) is 2. The number of aromatic amines is 1. The van der Waals surface area contributed by atoms with E-state index in [1.807, 2.05) is 0 Å². The van der Waals surface area contributed by atoms with Crippen molar-refractivity contribution in [3.8, 4) is 29.0 Å². The zero-order chi connectivity index (χ0) is 18.1. The highest BCUT2D eigenvalue weighted by Crippen LogP contribution is 2.44. The predicted octanol–water partition coefficient (Wildman–Crippen LogP) is 2.39. The molecule has 0 unspecified atom stereocenters. The largest absolute Gasteiger partial charge is 0.496 e. The first-order chi connectivity index (χ1) is 11.3. The second-order valence-electron chi connectivity index (χ2n) is 4.60. The van der Waals surface area contributed by atoms with Gasteiger partial charge in [0.05, 0.1) is 12.7 Å². The van der Waals surface area contributed by atoms with Gasteiger partial charge in [0.15, 0.2) is 0 Å². The highest BCUT2D eigenvalue weighted by atomic mass is 19.4. The van der Waals surface area contributed by atoms with Gasteiger partial charge in [0, 0.05) is 11.1 Å². The van der Waals surface area contributed by atoms with Crippen LogP contribution < -0.4 is 16.0 Å². The van der Waals surface area contributed by atoms with Crippen LogP contribution in [0.1, 0.15) is 16.7 Å². The number of alkyl halides is 3. The van der Waals surface area contributed by atoms with Crippen LogP contribution in [0.3, 0.4) is 0 Å². The van der Waals surface area contributed by atoms with Crippen molar-refractivity contribution in [3.63, 3.8) is 0 Å². The number of hydrogen-bond acceptors (Lipinski definition) is 5. The van der Waals surface area contributed by atoms with Gasteiger partial charge in [-0.2, -0.15) is 23.7 Å². The molecule has 1 heterocycles. The Morgan fingerprint density at radius 1 is 1.17 bits per heavy atom. The van der Waals surface area contributed by atoms with Crippen molar-refractivity contribution in [1.82, 2.24) is 4.98 Å². The molecule has 3 N–H and O–H groups in total. The number of nitrogens with zero attached hydrogens (tertiary/aromatic N) is 2. The van der Waals surface area contributed by atoms with Gasteiger partial charge in [-0.25, -0.2) is 0 Å². The molecule has 1 aromatic carbocycles. The maximum atomic E-state index is 13.4. The minimum absolute atomic E-state index is 0.247. The fraction of sp³-hybridized carbons (Fsp3) is 0.133. The van der Waals surface area contributed by atoms with Crippen LogP contribution in [0.5, 0.6) is 5.75 Å². The van der Waals surface area contributed by atoms with E-state index >= 15 is 0 Å². The summed E-state index contributed by atoms with van der Waals surface area (Å²) in [5.74, 6) is -0.682. The maximum absolute atomic E-state index is 13.4. The van der Waals surface area contributed by atoms with Crippen LogP contribution in [0.4, 0.5) is 19.0 Å². The molecule has 0 aliphatic heterocycles. The summed E-state index contributed by atoms with van der Waals surface area (Å²) in [6.45, 7) is 0. The van der Waals surface area contributed by atoms with E-state index in [0.717, 1.165) is 19.2 Å². The van der Waals surface area contributed by atoms with Crippen molar-refractivity contribution in [2.24, 2.45) is 0 Å². The molecule has 0 radical (unpaired) electrons. The first kappa shape index (κ1) is 16.9. The average molecular weight is 334 g/mol. The Balaban J connectivity index is 3.12. The average Bonchev–Trinajstić information content (AvgIpc) is 2.52. The molecule has 0 bridgehead atoms. The lowest BCUT2D eigenvalue weighted by molar-refractivity contribution is -0.137. The maximum Gasteiger partial charge on any atom is 0.417 e. The Morgan fingerprint density at radius 3 is 2.29 bits per heavy atom. The molecular weight excluding hydrogens is 325 g/mol. The fourth-order valence-electron chi connectivity index (χ4n) is 2.29. The molecule has 0 saturated carbocycles. The Bertz CT molecular complexity index is 949. The van der Waals surface area contributed by atoms with Gasteiger partial charge in [-0.3, -0.25) is 4.79 Å². The smallest absolute Gasteiger partial charge is 0.417 e. The van der Waals surface area contributed by atoms with Crippen molar-refractivity contribution < 1.29 is 17.9 Å². The summed E-state index contributed by atoms with van der Waals surface area (Å²) in [5, 5.41) is 18.4. The van der Waals surface area contributed by atoms with Crippen molar-refractivity contribution >= 4 is 5.82 Å². The van der Waals surface area contributed by atoms with Gasteiger partial charge in [0.25, 0.3) is 5.56 Å². The molecule has 0 spiro atoms. The Kier molecular flexibility index (Phi) is 4.20. The zero-order valence-electron chi connectivity index (χ0n) is 12.2.